The van der Waals surface area contributed by atoms with Crippen LogP contribution in [0.1, 0.15) is 18.9 Å². The molecule has 20 heavy (non-hydrogen) atoms. The van der Waals surface area contributed by atoms with Crippen LogP contribution in [0.4, 0.5) is 0 Å². The van der Waals surface area contributed by atoms with Gasteiger partial charge in [0.1, 0.15) is 5.75 Å². The van der Waals surface area contributed by atoms with Crippen molar-refractivity contribution >= 4 is 5.97 Å². The maximum Gasteiger partial charge on any atom is 0.303 e. The summed E-state index contributed by atoms with van der Waals surface area (Å²) in [5.74, 6) is -0.0222. The first-order valence-corrected chi connectivity index (χ1v) is 6.73. The van der Waals surface area contributed by atoms with Crippen molar-refractivity contribution in [3.63, 3.8) is 0 Å². The fourth-order valence-corrected chi connectivity index (χ4v) is 2.12. The molecule has 0 atom stereocenters. The van der Waals surface area contributed by atoms with Gasteiger partial charge in [-0.25, -0.2) is 0 Å². The van der Waals surface area contributed by atoms with Gasteiger partial charge >= 0.3 is 5.97 Å². The highest BCUT2D eigenvalue weighted by Gasteiger charge is 2.08. The fourth-order valence-electron chi connectivity index (χ4n) is 2.12. The highest BCUT2D eigenvalue weighted by atomic mass is 16.5. The quantitative estimate of drug-likeness (QED) is 0.869. The molecule has 2 aromatic rings. The zero-order chi connectivity index (χ0) is 14.4. The van der Waals surface area contributed by atoms with Crippen molar-refractivity contribution in [2.24, 2.45) is 0 Å². The molecule has 0 heterocycles. The minimum Gasteiger partial charge on any atom is -0.494 e. The van der Waals surface area contributed by atoms with Gasteiger partial charge in [0.15, 0.2) is 0 Å². The van der Waals surface area contributed by atoms with E-state index in [1.165, 1.54) is 0 Å². The Labute approximate surface area is 118 Å². The summed E-state index contributed by atoms with van der Waals surface area (Å²) in [6, 6.07) is 16.0. The van der Waals surface area contributed by atoms with Gasteiger partial charge in [0.2, 0.25) is 0 Å². The molecule has 0 unspecified atom stereocenters. The SMILES string of the molecule is CCOc1ccc(-c2ccccc2)cc1CCC(=O)O. The number of benzene rings is 2. The van der Waals surface area contributed by atoms with Gasteiger partial charge in [-0.15, -0.1) is 0 Å². The number of rotatable bonds is 6. The molecule has 0 aliphatic carbocycles. The van der Waals surface area contributed by atoms with Crippen molar-refractivity contribution in [3.8, 4) is 16.9 Å². The average molecular weight is 270 g/mol. The third-order valence-electron chi connectivity index (χ3n) is 3.08. The van der Waals surface area contributed by atoms with E-state index in [1.54, 1.807) is 0 Å². The minimum absolute atomic E-state index is 0.109. The Balaban J connectivity index is 2.32. The molecule has 0 bridgehead atoms. The third-order valence-corrected chi connectivity index (χ3v) is 3.08. The number of carboxylic acid groups (broad SMARTS) is 1. The van der Waals surface area contributed by atoms with Crippen molar-refractivity contribution in [2.75, 3.05) is 6.61 Å². The highest BCUT2D eigenvalue weighted by Crippen LogP contribution is 2.27. The molecule has 0 aliphatic rings. The van der Waals surface area contributed by atoms with Gasteiger partial charge in [-0.1, -0.05) is 36.4 Å². The number of carbonyl (C=O) groups is 1. The first-order valence-electron chi connectivity index (χ1n) is 6.73. The van der Waals surface area contributed by atoms with Crippen molar-refractivity contribution in [1.29, 1.82) is 0 Å². The Morgan fingerprint density at radius 2 is 1.85 bits per heavy atom. The molecule has 2 aromatic carbocycles. The Morgan fingerprint density at radius 1 is 1.10 bits per heavy atom. The summed E-state index contributed by atoms with van der Waals surface area (Å²) in [5.41, 5.74) is 3.14. The summed E-state index contributed by atoms with van der Waals surface area (Å²) in [6.07, 6.45) is 0.587. The molecule has 1 N–H and O–H groups in total. The van der Waals surface area contributed by atoms with E-state index in [0.717, 1.165) is 22.4 Å². The molecule has 0 fully saturated rings. The standard InChI is InChI=1S/C17H18O3/c1-2-20-16-10-8-14(13-6-4-3-5-7-13)12-15(16)9-11-17(18)19/h3-8,10,12H,2,9,11H2,1H3,(H,18,19). The van der Waals surface area contributed by atoms with Crippen LogP contribution in [0.2, 0.25) is 0 Å². The van der Waals surface area contributed by atoms with Crippen LogP contribution in [0.15, 0.2) is 48.5 Å². The summed E-state index contributed by atoms with van der Waals surface area (Å²) in [7, 11) is 0. The van der Waals surface area contributed by atoms with E-state index >= 15 is 0 Å². The lowest BCUT2D eigenvalue weighted by Gasteiger charge is -2.12. The Kier molecular flexibility index (Phi) is 4.77. The molecule has 0 aliphatic heterocycles. The number of carboxylic acids is 1. The molecule has 0 aromatic heterocycles. The third kappa shape index (κ3) is 3.60. The van der Waals surface area contributed by atoms with E-state index in [9.17, 15) is 4.79 Å². The lowest BCUT2D eigenvalue weighted by atomic mass is 10.00. The second-order valence-corrected chi connectivity index (χ2v) is 4.52. The highest BCUT2D eigenvalue weighted by molar-refractivity contribution is 5.69. The van der Waals surface area contributed by atoms with Gasteiger partial charge in [0.05, 0.1) is 6.61 Å². The Hall–Kier alpha value is -2.29. The van der Waals surface area contributed by atoms with E-state index in [-0.39, 0.29) is 6.42 Å². The second-order valence-electron chi connectivity index (χ2n) is 4.52. The normalized spacial score (nSPS) is 10.2. The maximum absolute atomic E-state index is 10.8. The van der Waals surface area contributed by atoms with Crippen LogP contribution in [0.3, 0.4) is 0 Å². The first kappa shape index (κ1) is 14.1. The molecule has 3 heteroatoms. The largest absolute Gasteiger partial charge is 0.494 e. The van der Waals surface area contributed by atoms with Crippen LogP contribution >= 0.6 is 0 Å². The summed E-state index contributed by atoms with van der Waals surface area (Å²) >= 11 is 0. The summed E-state index contributed by atoms with van der Waals surface area (Å²) in [6.45, 7) is 2.50. The fraction of sp³-hybridized carbons (Fsp3) is 0.235. The second kappa shape index (κ2) is 6.75. The van der Waals surface area contributed by atoms with Gasteiger partial charge in [0.25, 0.3) is 0 Å². The predicted octanol–water partition coefficient (Wildman–Crippen LogP) is 3.77. The average Bonchev–Trinajstić information content (AvgIpc) is 2.47. The number of aliphatic carboxylic acids is 1. The smallest absolute Gasteiger partial charge is 0.303 e. The summed E-state index contributed by atoms with van der Waals surface area (Å²) in [5, 5.41) is 8.84. The predicted molar refractivity (Wildman–Crippen MR) is 79.0 cm³/mol. The lowest BCUT2D eigenvalue weighted by molar-refractivity contribution is -0.136. The zero-order valence-corrected chi connectivity index (χ0v) is 11.5. The summed E-state index contributed by atoms with van der Waals surface area (Å²) in [4.78, 5) is 10.8. The van der Waals surface area contributed by atoms with E-state index in [4.69, 9.17) is 9.84 Å². The number of ether oxygens (including phenoxy) is 1. The van der Waals surface area contributed by atoms with Crippen LogP contribution in [-0.4, -0.2) is 17.7 Å². The topological polar surface area (TPSA) is 46.5 Å². The molecule has 0 amide bonds. The monoisotopic (exact) mass is 270 g/mol. The molecule has 0 saturated carbocycles. The van der Waals surface area contributed by atoms with Crippen molar-refractivity contribution in [2.45, 2.75) is 19.8 Å². The van der Waals surface area contributed by atoms with Gasteiger partial charge in [-0.05, 0) is 42.2 Å². The number of hydrogen-bond donors (Lipinski definition) is 1. The Bertz CT molecular complexity index is 576. The van der Waals surface area contributed by atoms with E-state index in [1.807, 2.05) is 55.5 Å². The summed E-state index contributed by atoms with van der Waals surface area (Å²) < 4.78 is 5.57. The van der Waals surface area contributed by atoms with Crippen molar-refractivity contribution in [1.82, 2.24) is 0 Å². The van der Waals surface area contributed by atoms with Gasteiger partial charge in [0, 0.05) is 6.42 Å². The van der Waals surface area contributed by atoms with Crippen LogP contribution in [0.25, 0.3) is 11.1 Å². The van der Waals surface area contributed by atoms with Crippen LogP contribution in [0.5, 0.6) is 5.75 Å². The molecule has 0 radical (unpaired) electrons. The molecular formula is C17H18O3. The number of aryl methyl sites for hydroxylation is 1. The van der Waals surface area contributed by atoms with Crippen molar-refractivity contribution in [3.05, 3.63) is 54.1 Å². The lowest BCUT2D eigenvalue weighted by Crippen LogP contribution is -2.01. The van der Waals surface area contributed by atoms with Gasteiger partial charge < -0.3 is 9.84 Å². The molecule has 3 nitrogen and oxygen atoms in total. The van der Waals surface area contributed by atoms with E-state index < -0.39 is 5.97 Å². The van der Waals surface area contributed by atoms with Gasteiger partial charge in [-0.2, -0.15) is 0 Å². The van der Waals surface area contributed by atoms with Crippen LogP contribution < -0.4 is 4.74 Å². The zero-order valence-electron chi connectivity index (χ0n) is 11.5. The van der Waals surface area contributed by atoms with Gasteiger partial charge in [-0.3, -0.25) is 4.79 Å². The van der Waals surface area contributed by atoms with E-state index in [2.05, 4.69) is 0 Å². The molecule has 104 valence electrons. The maximum atomic E-state index is 10.8. The molecule has 2 rings (SSSR count). The van der Waals surface area contributed by atoms with Crippen molar-refractivity contribution < 1.29 is 14.6 Å². The van der Waals surface area contributed by atoms with Crippen LogP contribution in [-0.2, 0) is 11.2 Å². The minimum atomic E-state index is -0.794. The molecule has 0 spiro atoms. The first-order chi connectivity index (χ1) is 9.70. The Morgan fingerprint density at radius 3 is 2.50 bits per heavy atom. The molecular weight excluding hydrogens is 252 g/mol. The van der Waals surface area contributed by atoms with E-state index in [0.29, 0.717) is 13.0 Å². The van der Waals surface area contributed by atoms with Crippen LogP contribution in [0, 0.1) is 0 Å². The number of hydrogen-bond acceptors (Lipinski definition) is 2. The molecule has 0 saturated heterocycles.